The van der Waals surface area contributed by atoms with Gasteiger partial charge in [0.15, 0.2) is 0 Å². The standard InChI is InChI=1S/C17H20FN3O3/c1-2-21-8-10(17(23)24)16(22)9-6-11(18)14(7-15(9)21)20-13-5-3-4-12(13)19/h6-8,12-13,20H,2-5,19H2,1H3,(H,23,24)/t12-,13+/m0/s1. The molecule has 3 rings (SSSR count). The lowest BCUT2D eigenvalue weighted by Crippen LogP contribution is -2.35. The third-order valence-electron chi connectivity index (χ3n) is 4.65. The Kier molecular flexibility index (Phi) is 4.28. The van der Waals surface area contributed by atoms with E-state index < -0.39 is 17.2 Å². The van der Waals surface area contributed by atoms with Gasteiger partial charge >= 0.3 is 5.97 Å². The van der Waals surface area contributed by atoms with Crippen LogP contribution in [0, 0.1) is 5.82 Å². The highest BCUT2D eigenvalue weighted by molar-refractivity contribution is 5.93. The van der Waals surface area contributed by atoms with Gasteiger partial charge in [-0.25, -0.2) is 9.18 Å². The molecule has 0 radical (unpaired) electrons. The molecule has 1 fully saturated rings. The van der Waals surface area contributed by atoms with E-state index in [0.29, 0.717) is 12.1 Å². The largest absolute Gasteiger partial charge is 0.477 e. The average Bonchev–Trinajstić information content (AvgIpc) is 2.94. The molecule has 2 atom stereocenters. The number of nitrogens with zero attached hydrogens (tertiary/aromatic N) is 1. The van der Waals surface area contributed by atoms with Gasteiger partial charge < -0.3 is 20.7 Å². The molecule has 1 aliphatic rings. The Morgan fingerprint density at radius 3 is 2.79 bits per heavy atom. The van der Waals surface area contributed by atoms with Crippen LogP contribution in [0.5, 0.6) is 0 Å². The van der Waals surface area contributed by atoms with Crippen molar-refractivity contribution >= 4 is 22.6 Å². The molecular weight excluding hydrogens is 313 g/mol. The fourth-order valence-electron chi connectivity index (χ4n) is 3.30. The third kappa shape index (κ3) is 2.75. The van der Waals surface area contributed by atoms with E-state index in [1.807, 2.05) is 6.92 Å². The van der Waals surface area contributed by atoms with E-state index in [1.54, 1.807) is 10.6 Å². The van der Waals surface area contributed by atoms with Crippen molar-refractivity contribution in [3.63, 3.8) is 0 Å². The van der Waals surface area contributed by atoms with Gasteiger partial charge in [0.05, 0.1) is 11.2 Å². The summed E-state index contributed by atoms with van der Waals surface area (Å²) >= 11 is 0. The van der Waals surface area contributed by atoms with Gasteiger partial charge in [-0.2, -0.15) is 0 Å². The number of aryl methyl sites for hydroxylation is 1. The summed E-state index contributed by atoms with van der Waals surface area (Å²) in [4.78, 5) is 23.5. The van der Waals surface area contributed by atoms with Gasteiger partial charge in [0, 0.05) is 30.2 Å². The van der Waals surface area contributed by atoms with E-state index in [9.17, 15) is 14.0 Å². The maximum absolute atomic E-state index is 14.4. The molecule has 0 bridgehead atoms. The summed E-state index contributed by atoms with van der Waals surface area (Å²) in [6, 6.07) is 2.64. The van der Waals surface area contributed by atoms with Crippen molar-refractivity contribution in [1.82, 2.24) is 4.57 Å². The predicted molar refractivity (Wildman–Crippen MR) is 90.0 cm³/mol. The second kappa shape index (κ2) is 6.24. The number of halogens is 1. The number of nitrogens with two attached hydrogens (primary N) is 1. The number of carbonyl (C=O) groups is 1. The number of carboxylic acids is 1. The number of carboxylic acid groups (broad SMARTS) is 1. The molecule has 0 spiro atoms. The highest BCUT2D eigenvalue weighted by atomic mass is 19.1. The highest BCUT2D eigenvalue weighted by Crippen LogP contribution is 2.26. The van der Waals surface area contributed by atoms with Crippen LogP contribution in [0.1, 0.15) is 36.5 Å². The maximum Gasteiger partial charge on any atom is 0.341 e. The number of fused-ring (bicyclic) bond motifs is 1. The molecule has 128 valence electrons. The number of hydrogen-bond donors (Lipinski definition) is 3. The molecule has 1 aliphatic carbocycles. The zero-order valence-corrected chi connectivity index (χ0v) is 13.4. The summed E-state index contributed by atoms with van der Waals surface area (Å²) in [5, 5.41) is 12.3. The summed E-state index contributed by atoms with van der Waals surface area (Å²) in [6.45, 7) is 2.30. The van der Waals surface area contributed by atoms with Gasteiger partial charge in [-0.3, -0.25) is 4.79 Å². The monoisotopic (exact) mass is 333 g/mol. The van der Waals surface area contributed by atoms with Crippen LogP contribution in [0.15, 0.2) is 23.1 Å². The summed E-state index contributed by atoms with van der Waals surface area (Å²) in [5.41, 5.74) is 5.77. The molecule has 1 aromatic carbocycles. The van der Waals surface area contributed by atoms with Crippen LogP contribution >= 0.6 is 0 Å². The lowest BCUT2D eigenvalue weighted by Gasteiger charge is -2.20. The van der Waals surface area contributed by atoms with Crippen molar-refractivity contribution < 1.29 is 14.3 Å². The molecular formula is C17H20FN3O3. The van der Waals surface area contributed by atoms with Crippen LogP contribution in [0.25, 0.3) is 10.9 Å². The Morgan fingerprint density at radius 2 is 2.21 bits per heavy atom. The molecule has 0 saturated heterocycles. The molecule has 7 heteroatoms. The third-order valence-corrected chi connectivity index (χ3v) is 4.65. The fourth-order valence-corrected chi connectivity index (χ4v) is 3.30. The minimum Gasteiger partial charge on any atom is -0.477 e. The summed E-state index contributed by atoms with van der Waals surface area (Å²) in [6.07, 6.45) is 4.07. The lowest BCUT2D eigenvalue weighted by molar-refractivity contribution is 0.0695. The molecule has 2 aromatic rings. The van der Waals surface area contributed by atoms with Gasteiger partial charge in [-0.05, 0) is 38.3 Å². The Hall–Kier alpha value is -2.41. The second-order valence-electron chi connectivity index (χ2n) is 6.16. The van der Waals surface area contributed by atoms with Crippen LogP contribution in [0.2, 0.25) is 0 Å². The van der Waals surface area contributed by atoms with Crippen molar-refractivity contribution in [1.29, 1.82) is 0 Å². The molecule has 0 amide bonds. The van der Waals surface area contributed by atoms with Crippen molar-refractivity contribution in [3.05, 3.63) is 39.9 Å². The molecule has 1 saturated carbocycles. The number of rotatable bonds is 4. The topological polar surface area (TPSA) is 97.3 Å². The number of nitrogens with one attached hydrogen (secondary N) is 1. The lowest BCUT2D eigenvalue weighted by atomic mass is 10.1. The van der Waals surface area contributed by atoms with Crippen LogP contribution in [-0.2, 0) is 6.54 Å². The van der Waals surface area contributed by atoms with Gasteiger partial charge in [0.2, 0.25) is 5.43 Å². The molecule has 4 N–H and O–H groups in total. The van der Waals surface area contributed by atoms with Crippen LogP contribution in [0.3, 0.4) is 0 Å². The number of anilines is 1. The number of benzene rings is 1. The van der Waals surface area contributed by atoms with E-state index in [0.717, 1.165) is 25.3 Å². The minimum absolute atomic E-state index is 0.00274. The first-order valence-corrected chi connectivity index (χ1v) is 8.04. The molecule has 24 heavy (non-hydrogen) atoms. The number of aromatic nitrogens is 1. The van der Waals surface area contributed by atoms with Gasteiger partial charge in [-0.1, -0.05) is 0 Å². The zero-order chi connectivity index (χ0) is 17.4. The SMILES string of the molecule is CCn1cc(C(=O)O)c(=O)c2cc(F)c(N[C@@H]3CCC[C@@H]3N)cc21. The zero-order valence-electron chi connectivity index (χ0n) is 13.4. The molecule has 0 unspecified atom stereocenters. The van der Waals surface area contributed by atoms with Crippen molar-refractivity contribution in [3.8, 4) is 0 Å². The van der Waals surface area contributed by atoms with Crippen LogP contribution < -0.4 is 16.5 Å². The van der Waals surface area contributed by atoms with Gasteiger partial charge in [0.1, 0.15) is 11.4 Å². The first-order valence-electron chi connectivity index (χ1n) is 8.04. The highest BCUT2D eigenvalue weighted by Gasteiger charge is 2.25. The molecule has 6 nitrogen and oxygen atoms in total. The normalized spacial score (nSPS) is 20.5. The smallest absolute Gasteiger partial charge is 0.341 e. The van der Waals surface area contributed by atoms with E-state index in [2.05, 4.69) is 5.32 Å². The summed E-state index contributed by atoms with van der Waals surface area (Å²) < 4.78 is 16.1. The van der Waals surface area contributed by atoms with Crippen LogP contribution in [-0.4, -0.2) is 27.7 Å². The Balaban J connectivity index is 2.14. The fraction of sp³-hybridized carbons (Fsp3) is 0.412. The Labute approximate surface area is 138 Å². The van der Waals surface area contributed by atoms with Crippen molar-refractivity contribution in [2.45, 2.75) is 44.8 Å². The maximum atomic E-state index is 14.4. The molecule has 1 heterocycles. The van der Waals surface area contributed by atoms with Gasteiger partial charge in [-0.15, -0.1) is 0 Å². The van der Waals surface area contributed by atoms with Crippen LogP contribution in [0.4, 0.5) is 10.1 Å². The van der Waals surface area contributed by atoms with Crippen molar-refractivity contribution in [2.75, 3.05) is 5.32 Å². The van der Waals surface area contributed by atoms with Crippen molar-refractivity contribution in [2.24, 2.45) is 5.73 Å². The molecule has 1 aromatic heterocycles. The first kappa shape index (κ1) is 16.4. The molecule has 0 aliphatic heterocycles. The van der Waals surface area contributed by atoms with E-state index in [-0.39, 0.29) is 28.7 Å². The van der Waals surface area contributed by atoms with Gasteiger partial charge in [0.25, 0.3) is 0 Å². The first-order chi connectivity index (χ1) is 11.4. The number of aromatic carboxylic acids is 1. The number of pyridine rings is 1. The predicted octanol–water partition coefficient (Wildman–Crippen LogP) is 2.15. The number of hydrogen-bond acceptors (Lipinski definition) is 4. The van der Waals surface area contributed by atoms with E-state index >= 15 is 0 Å². The minimum atomic E-state index is -1.32. The van der Waals surface area contributed by atoms with E-state index in [1.165, 1.54) is 6.20 Å². The quantitative estimate of drug-likeness (QED) is 0.796. The second-order valence-corrected chi connectivity index (χ2v) is 6.16. The Bertz CT molecular complexity index is 862. The summed E-state index contributed by atoms with van der Waals surface area (Å²) in [7, 11) is 0. The summed E-state index contributed by atoms with van der Waals surface area (Å²) in [5.74, 6) is -1.90. The average molecular weight is 333 g/mol. The van der Waals surface area contributed by atoms with E-state index in [4.69, 9.17) is 10.8 Å². The Morgan fingerprint density at radius 1 is 1.46 bits per heavy atom.